The van der Waals surface area contributed by atoms with Crippen LogP contribution in [0.1, 0.15) is 11.5 Å². The average Bonchev–Trinajstić information content (AvgIpc) is 2.64. The van der Waals surface area contributed by atoms with Crippen LogP contribution < -0.4 is 5.73 Å². The lowest BCUT2D eigenvalue weighted by Crippen LogP contribution is -2.04. The standard InChI is InChI=1S/C10H10ClN3S/c1-6-4-7(14-10(5-12)13-6)8-2-3-9(11)15-8/h2-4H,5,12H2,1H3. The van der Waals surface area contributed by atoms with Crippen LogP contribution in [0.5, 0.6) is 0 Å². The maximum atomic E-state index is 5.87. The Morgan fingerprint density at radius 2 is 2.20 bits per heavy atom. The molecule has 0 amide bonds. The molecule has 0 aromatic carbocycles. The molecule has 0 fully saturated rings. The summed E-state index contributed by atoms with van der Waals surface area (Å²) in [6, 6.07) is 5.75. The minimum atomic E-state index is 0.355. The van der Waals surface area contributed by atoms with E-state index in [1.54, 1.807) is 0 Å². The lowest BCUT2D eigenvalue weighted by molar-refractivity contribution is 0.895. The van der Waals surface area contributed by atoms with E-state index >= 15 is 0 Å². The molecule has 78 valence electrons. The first-order chi connectivity index (χ1) is 7.19. The molecule has 0 saturated heterocycles. The minimum absolute atomic E-state index is 0.355. The maximum Gasteiger partial charge on any atom is 0.142 e. The van der Waals surface area contributed by atoms with Crippen LogP contribution in [0.25, 0.3) is 10.6 Å². The third-order valence-electron chi connectivity index (χ3n) is 1.91. The van der Waals surface area contributed by atoms with Crippen LogP contribution in [-0.2, 0) is 6.54 Å². The normalized spacial score (nSPS) is 10.6. The summed E-state index contributed by atoms with van der Waals surface area (Å²) in [5.41, 5.74) is 7.33. The highest BCUT2D eigenvalue weighted by Gasteiger charge is 2.05. The molecule has 3 nitrogen and oxygen atoms in total. The van der Waals surface area contributed by atoms with Crippen molar-refractivity contribution in [3.8, 4) is 10.6 Å². The first-order valence-electron chi connectivity index (χ1n) is 4.49. The van der Waals surface area contributed by atoms with Crippen LogP contribution in [0.2, 0.25) is 4.34 Å². The van der Waals surface area contributed by atoms with Crippen molar-refractivity contribution in [3.05, 3.63) is 34.1 Å². The Hall–Kier alpha value is -0.970. The van der Waals surface area contributed by atoms with Gasteiger partial charge in [0.2, 0.25) is 0 Å². The van der Waals surface area contributed by atoms with Crippen molar-refractivity contribution in [1.82, 2.24) is 9.97 Å². The van der Waals surface area contributed by atoms with Crippen molar-refractivity contribution in [3.63, 3.8) is 0 Å². The van der Waals surface area contributed by atoms with Gasteiger partial charge in [0, 0.05) is 5.69 Å². The van der Waals surface area contributed by atoms with Gasteiger partial charge in [-0.15, -0.1) is 11.3 Å². The van der Waals surface area contributed by atoms with Gasteiger partial charge in [0.05, 0.1) is 21.5 Å². The van der Waals surface area contributed by atoms with Gasteiger partial charge in [-0.3, -0.25) is 0 Å². The number of thiophene rings is 1. The quantitative estimate of drug-likeness (QED) is 0.877. The fraction of sp³-hybridized carbons (Fsp3) is 0.200. The molecule has 0 saturated carbocycles. The Balaban J connectivity index is 2.48. The van der Waals surface area contributed by atoms with Gasteiger partial charge in [-0.25, -0.2) is 9.97 Å². The Morgan fingerprint density at radius 1 is 1.40 bits per heavy atom. The third-order valence-corrected chi connectivity index (χ3v) is 3.16. The average molecular weight is 240 g/mol. The van der Waals surface area contributed by atoms with E-state index in [0.717, 1.165) is 20.6 Å². The highest BCUT2D eigenvalue weighted by atomic mass is 35.5. The number of halogens is 1. The number of nitrogens with zero attached hydrogens (tertiary/aromatic N) is 2. The second-order valence-electron chi connectivity index (χ2n) is 3.12. The summed E-state index contributed by atoms with van der Waals surface area (Å²) in [6.07, 6.45) is 0. The van der Waals surface area contributed by atoms with Crippen LogP contribution in [0.3, 0.4) is 0 Å². The highest BCUT2D eigenvalue weighted by molar-refractivity contribution is 7.19. The van der Waals surface area contributed by atoms with E-state index in [0.29, 0.717) is 12.4 Å². The molecule has 2 aromatic rings. The largest absolute Gasteiger partial charge is 0.324 e. The number of hydrogen-bond donors (Lipinski definition) is 1. The molecule has 15 heavy (non-hydrogen) atoms. The molecular formula is C10H10ClN3S. The summed E-state index contributed by atoms with van der Waals surface area (Å²) >= 11 is 7.38. The predicted molar refractivity (Wildman–Crippen MR) is 63.0 cm³/mol. The zero-order valence-electron chi connectivity index (χ0n) is 8.20. The molecule has 0 bridgehead atoms. The Labute approximate surface area is 96.9 Å². The lowest BCUT2D eigenvalue weighted by Gasteiger charge is -2.01. The monoisotopic (exact) mass is 239 g/mol. The molecule has 0 aliphatic carbocycles. The van der Waals surface area contributed by atoms with E-state index < -0.39 is 0 Å². The van der Waals surface area contributed by atoms with Gasteiger partial charge in [-0.2, -0.15) is 0 Å². The summed E-state index contributed by atoms with van der Waals surface area (Å²) < 4.78 is 0.760. The van der Waals surface area contributed by atoms with Gasteiger partial charge in [-0.05, 0) is 25.1 Å². The molecule has 2 N–H and O–H groups in total. The summed E-state index contributed by atoms with van der Waals surface area (Å²) in [7, 11) is 0. The minimum Gasteiger partial charge on any atom is -0.324 e. The molecule has 5 heteroatoms. The van der Waals surface area contributed by atoms with Gasteiger partial charge in [-0.1, -0.05) is 11.6 Å². The van der Waals surface area contributed by atoms with Gasteiger partial charge in [0.15, 0.2) is 0 Å². The zero-order chi connectivity index (χ0) is 10.8. The summed E-state index contributed by atoms with van der Waals surface area (Å²) in [5.74, 6) is 0.662. The molecule has 2 aromatic heterocycles. The topological polar surface area (TPSA) is 51.8 Å². The van der Waals surface area contributed by atoms with Crippen molar-refractivity contribution >= 4 is 22.9 Å². The molecule has 0 atom stereocenters. The summed E-state index contributed by atoms with van der Waals surface area (Å²) in [5, 5.41) is 0. The number of nitrogens with two attached hydrogens (primary N) is 1. The lowest BCUT2D eigenvalue weighted by atomic mass is 10.3. The van der Waals surface area contributed by atoms with Crippen LogP contribution in [0.15, 0.2) is 18.2 Å². The van der Waals surface area contributed by atoms with E-state index in [4.69, 9.17) is 17.3 Å². The van der Waals surface area contributed by atoms with E-state index in [1.807, 2.05) is 25.1 Å². The van der Waals surface area contributed by atoms with E-state index in [2.05, 4.69) is 9.97 Å². The van der Waals surface area contributed by atoms with Crippen LogP contribution in [-0.4, -0.2) is 9.97 Å². The molecule has 2 heterocycles. The smallest absolute Gasteiger partial charge is 0.142 e. The van der Waals surface area contributed by atoms with E-state index in [9.17, 15) is 0 Å². The van der Waals surface area contributed by atoms with Gasteiger partial charge in [0.25, 0.3) is 0 Å². The maximum absolute atomic E-state index is 5.87. The summed E-state index contributed by atoms with van der Waals surface area (Å²) in [6.45, 7) is 2.29. The summed E-state index contributed by atoms with van der Waals surface area (Å²) in [4.78, 5) is 9.61. The first kappa shape index (κ1) is 10.5. The Bertz CT molecular complexity index is 481. The van der Waals surface area contributed by atoms with Gasteiger partial charge in [0.1, 0.15) is 5.82 Å². The number of hydrogen-bond acceptors (Lipinski definition) is 4. The van der Waals surface area contributed by atoms with E-state index in [-0.39, 0.29) is 0 Å². The first-order valence-corrected chi connectivity index (χ1v) is 5.69. The number of aryl methyl sites for hydroxylation is 1. The Kier molecular flexibility index (Phi) is 3.00. The molecule has 0 spiro atoms. The Morgan fingerprint density at radius 3 is 2.80 bits per heavy atom. The van der Waals surface area contributed by atoms with Crippen molar-refractivity contribution in [2.45, 2.75) is 13.5 Å². The molecule has 0 unspecified atom stereocenters. The molecular weight excluding hydrogens is 230 g/mol. The molecule has 0 radical (unpaired) electrons. The second kappa shape index (κ2) is 4.26. The van der Waals surface area contributed by atoms with Gasteiger partial charge < -0.3 is 5.73 Å². The highest BCUT2D eigenvalue weighted by Crippen LogP contribution is 2.29. The number of rotatable bonds is 2. The van der Waals surface area contributed by atoms with Crippen molar-refractivity contribution in [2.75, 3.05) is 0 Å². The fourth-order valence-corrected chi connectivity index (χ4v) is 2.30. The third kappa shape index (κ3) is 2.34. The number of aromatic nitrogens is 2. The SMILES string of the molecule is Cc1cc(-c2ccc(Cl)s2)nc(CN)n1. The second-order valence-corrected chi connectivity index (χ2v) is 4.83. The molecule has 0 aliphatic rings. The molecule has 0 aliphatic heterocycles. The van der Waals surface area contributed by atoms with Crippen LogP contribution in [0, 0.1) is 6.92 Å². The fourth-order valence-electron chi connectivity index (χ4n) is 1.30. The van der Waals surface area contributed by atoms with Gasteiger partial charge >= 0.3 is 0 Å². The zero-order valence-corrected chi connectivity index (χ0v) is 9.77. The van der Waals surface area contributed by atoms with Crippen molar-refractivity contribution < 1.29 is 0 Å². The van der Waals surface area contributed by atoms with Crippen LogP contribution >= 0.6 is 22.9 Å². The van der Waals surface area contributed by atoms with E-state index in [1.165, 1.54) is 11.3 Å². The molecule has 2 rings (SSSR count). The predicted octanol–water partition coefficient (Wildman–Crippen LogP) is 2.63. The van der Waals surface area contributed by atoms with Crippen molar-refractivity contribution in [2.24, 2.45) is 5.73 Å². The van der Waals surface area contributed by atoms with Crippen molar-refractivity contribution in [1.29, 1.82) is 0 Å². The van der Waals surface area contributed by atoms with Crippen LogP contribution in [0.4, 0.5) is 0 Å².